The van der Waals surface area contributed by atoms with Crippen molar-refractivity contribution in [2.75, 3.05) is 29.9 Å². The quantitative estimate of drug-likeness (QED) is 0.934. The van der Waals surface area contributed by atoms with Crippen LogP contribution >= 0.6 is 11.6 Å². The maximum absolute atomic E-state index is 6.11. The summed E-state index contributed by atoms with van der Waals surface area (Å²) in [5, 5.41) is 12.9. The first-order chi connectivity index (χ1) is 11.3. The second kappa shape index (κ2) is 6.32. The molecule has 1 aliphatic carbocycles. The highest BCUT2D eigenvalue weighted by Gasteiger charge is 2.28. The van der Waals surface area contributed by atoms with Gasteiger partial charge in [0.1, 0.15) is 0 Å². The minimum Gasteiger partial charge on any atom is -0.383 e. The summed E-state index contributed by atoms with van der Waals surface area (Å²) >= 11 is 6.11. The molecule has 0 bridgehead atoms. The van der Waals surface area contributed by atoms with E-state index in [1.165, 1.54) is 24.1 Å². The lowest BCUT2D eigenvalue weighted by Crippen LogP contribution is -2.50. The Morgan fingerprint density at radius 2 is 2.09 bits per heavy atom. The zero-order valence-corrected chi connectivity index (χ0v) is 13.8. The lowest BCUT2D eigenvalue weighted by atomic mass is 9.95. The van der Waals surface area contributed by atoms with Gasteiger partial charge in [-0.05, 0) is 43.4 Å². The monoisotopic (exact) mass is 329 g/mol. The van der Waals surface area contributed by atoms with Crippen molar-refractivity contribution in [1.82, 2.24) is 15.2 Å². The Kier molecular flexibility index (Phi) is 4.04. The largest absolute Gasteiger partial charge is 0.383 e. The van der Waals surface area contributed by atoms with Crippen LogP contribution in [-0.2, 0) is 12.8 Å². The van der Waals surface area contributed by atoms with E-state index in [1.807, 2.05) is 6.07 Å². The molecule has 3 heterocycles. The molecule has 0 unspecified atom stereocenters. The van der Waals surface area contributed by atoms with Gasteiger partial charge in [-0.25, -0.2) is 0 Å². The minimum atomic E-state index is 0.608. The van der Waals surface area contributed by atoms with Crippen LogP contribution in [0.3, 0.4) is 0 Å². The fraction of sp³-hybridized carbons (Fsp3) is 0.471. The number of pyridine rings is 1. The first-order valence-electron chi connectivity index (χ1n) is 8.23. The van der Waals surface area contributed by atoms with E-state index < -0.39 is 0 Å². The Bertz CT molecular complexity index is 699. The summed E-state index contributed by atoms with van der Waals surface area (Å²) in [7, 11) is 0. The molecule has 1 saturated heterocycles. The number of anilines is 2. The number of hydrogen-bond acceptors (Lipinski definition) is 5. The lowest BCUT2D eigenvalue weighted by Gasteiger charge is -2.40. The van der Waals surface area contributed by atoms with Crippen LogP contribution in [0.1, 0.15) is 24.1 Å². The van der Waals surface area contributed by atoms with Crippen molar-refractivity contribution in [3.05, 3.63) is 40.8 Å². The van der Waals surface area contributed by atoms with Gasteiger partial charge in [0, 0.05) is 37.9 Å². The number of nitrogens with one attached hydrogen (secondary N) is 1. The number of fused-ring (bicyclic) bond motifs is 1. The molecule has 1 aliphatic heterocycles. The fourth-order valence-electron chi connectivity index (χ4n) is 3.29. The van der Waals surface area contributed by atoms with Crippen LogP contribution in [0.2, 0.25) is 5.02 Å². The molecule has 2 aromatic heterocycles. The molecule has 5 nitrogen and oxygen atoms in total. The highest BCUT2D eigenvalue weighted by molar-refractivity contribution is 6.33. The normalized spacial score (nSPS) is 17.5. The maximum atomic E-state index is 6.11. The second-order valence-electron chi connectivity index (χ2n) is 6.39. The highest BCUT2D eigenvalue weighted by Crippen LogP contribution is 2.27. The molecule has 6 heteroatoms. The SMILES string of the molecule is Clc1cnccc1NCC1CN(c2cc3c(nn2)CCCC3)C1. The summed E-state index contributed by atoms with van der Waals surface area (Å²) in [6, 6.07) is 4.15. The molecule has 0 radical (unpaired) electrons. The Hall–Kier alpha value is -1.88. The fourth-order valence-corrected chi connectivity index (χ4v) is 3.48. The van der Waals surface area contributed by atoms with Crippen LogP contribution < -0.4 is 10.2 Å². The van der Waals surface area contributed by atoms with Crippen molar-refractivity contribution in [3.63, 3.8) is 0 Å². The van der Waals surface area contributed by atoms with Crippen molar-refractivity contribution in [1.29, 1.82) is 0 Å². The molecule has 0 spiro atoms. The van der Waals surface area contributed by atoms with Crippen molar-refractivity contribution in [3.8, 4) is 0 Å². The van der Waals surface area contributed by atoms with E-state index in [4.69, 9.17) is 11.6 Å². The van der Waals surface area contributed by atoms with Crippen molar-refractivity contribution in [2.24, 2.45) is 5.92 Å². The molecule has 1 N–H and O–H groups in total. The summed E-state index contributed by atoms with van der Waals surface area (Å²) < 4.78 is 0. The average Bonchev–Trinajstić information content (AvgIpc) is 2.55. The molecule has 0 aromatic carbocycles. The van der Waals surface area contributed by atoms with Gasteiger partial charge in [-0.15, -0.1) is 5.10 Å². The summed E-state index contributed by atoms with van der Waals surface area (Å²) in [5.41, 5.74) is 3.55. The summed E-state index contributed by atoms with van der Waals surface area (Å²) in [5.74, 6) is 1.64. The van der Waals surface area contributed by atoms with Gasteiger partial charge < -0.3 is 10.2 Å². The van der Waals surface area contributed by atoms with Gasteiger partial charge in [-0.2, -0.15) is 5.10 Å². The van der Waals surface area contributed by atoms with Crippen LogP contribution in [-0.4, -0.2) is 34.8 Å². The molecule has 23 heavy (non-hydrogen) atoms. The maximum Gasteiger partial charge on any atom is 0.151 e. The van der Waals surface area contributed by atoms with Gasteiger partial charge in [0.15, 0.2) is 5.82 Å². The summed E-state index contributed by atoms with van der Waals surface area (Å²) in [4.78, 5) is 6.31. The summed E-state index contributed by atoms with van der Waals surface area (Å²) in [6.45, 7) is 2.95. The Morgan fingerprint density at radius 1 is 1.22 bits per heavy atom. The van der Waals surface area contributed by atoms with Crippen LogP contribution in [0.5, 0.6) is 0 Å². The number of hydrogen-bond donors (Lipinski definition) is 1. The zero-order valence-electron chi connectivity index (χ0n) is 13.0. The van der Waals surface area contributed by atoms with E-state index in [1.54, 1.807) is 12.4 Å². The standard InChI is InChI=1S/C17H20ClN5/c18-14-9-19-6-5-16(14)20-8-12-10-23(11-12)17-7-13-3-1-2-4-15(13)21-22-17/h5-7,9,12H,1-4,8,10-11H2,(H,19,20). The predicted octanol–water partition coefficient (Wildman–Crippen LogP) is 2.95. The van der Waals surface area contributed by atoms with Gasteiger partial charge in [0.2, 0.25) is 0 Å². The number of nitrogens with zero attached hydrogens (tertiary/aromatic N) is 4. The Labute approximate surface area is 141 Å². The number of aromatic nitrogens is 3. The third-order valence-electron chi connectivity index (χ3n) is 4.69. The van der Waals surface area contributed by atoms with Gasteiger partial charge in [-0.1, -0.05) is 11.6 Å². The third kappa shape index (κ3) is 3.11. The number of rotatable bonds is 4. The van der Waals surface area contributed by atoms with Gasteiger partial charge >= 0.3 is 0 Å². The second-order valence-corrected chi connectivity index (χ2v) is 6.80. The summed E-state index contributed by atoms with van der Waals surface area (Å²) in [6.07, 6.45) is 8.18. The first-order valence-corrected chi connectivity index (χ1v) is 8.61. The van der Waals surface area contributed by atoms with E-state index in [0.717, 1.165) is 44.0 Å². The molecule has 2 aliphatic rings. The van der Waals surface area contributed by atoms with E-state index in [9.17, 15) is 0 Å². The molecule has 2 aromatic rings. The van der Waals surface area contributed by atoms with Gasteiger partial charge in [0.25, 0.3) is 0 Å². The first kappa shape index (κ1) is 14.7. The Balaban J connectivity index is 1.32. The molecular weight excluding hydrogens is 310 g/mol. The van der Waals surface area contributed by atoms with Crippen LogP contribution in [0.4, 0.5) is 11.5 Å². The van der Waals surface area contributed by atoms with Crippen LogP contribution in [0.15, 0.2) is 24.5 Å². The molecule has 0 amide bonds. The van der Waals surface area contributed by atoms with Gasteiger partial charge in [0.05, 0.1) is 16.4 Å². The van der Waals surface area contributed by atoms with Crippen molar-refractivity contribution >= 4 is 23.1 Å². The molecule has 120 valence electrons. The molecule has 0 atom stereocenters. The van der Waals surface area contributed by atoms with E-state index in [-0.39, 0.29) is 0 Å². The minimum absolute atomic E-state index is 0.608. The van der Waals surface area contributed by atoms with Gasteiger partial charge in [-0.3, -0.25) is 4.98 Å². The Morgan fingerprint density at radius 3 is 2.96 bits per heavy atom. The molecule has 1 fully saturated rings. The van der Waals surface area contributed by atoms with Crippen molar-refractivity contribution < 1.29 is 0 Å². The molecule has 0 saturated carbocycles. The van der Waals surface area contributed by atoms with Crippen LogP contribution in [0.25, 0.3) is 0 Å². The average molecular weight is 330 g/mol. The topological polar surface area (TPSA) is 53.9 Å². The van der Waals surface area contributed by atoms with E-state index in [0.29, 0.717) is 10.9 Å². The smallest absolute Gasteiger partial charge is 0.151 e. The number of halogens is 1. The predicted molar refractivity (Wildman–Crippen MR) is 92.1 cm³/mol. The zero-order chi connectivity index (χ0) is 15.6. The van der Waals surface area contributed by atoms with Crippen molar-refractivity contribution in [2.45, 2.75) is 25.7 Å². The highest BCUT2D eigenvalue weighted by atomic mass is 35.5. The molecular formula is C17H20ClN5. The molecule has 4 rings (SSSR count). The third-order valence-corrected chi connectivity index (χ3v) is 4.99. The van der Waals surface area contributed by atoms with E-state index in [2.05, 4.69) is 31.5 Å². The van der Waals surface area contributed by atoms with E-state index >= 15 is 0 Å². The lowest BCUT2D eigenvalue weighted by molar-refractivity contribution is 0.424. The van der Waals surface area contributed by atoms with Crippen LogP contribution in [0, 0.1) is 5.92 Å². The number of aryl methyl sites for hydroxylation is 2.